The molecular formula is C28H26ClN7O2. The summed E-state index contributed by atoms with van der Waals surface area (Å²) < 4.78 is 1.67. The van der Waals surface area contributed by atoms with E-state index in [2.05, 4.69) is 20.6 Å². The van der Waals surface area contributed by atoms with E-state index in [0.717, 1.165) is 11.1 Å². The molecule has 3 heterocycles. The summed E-state index contributed by atoms with van der Waals surface area (Å²) in [5.74, 6) is 0.973. The number of carbonyl (C=O) groups is 1. The number of hydrogen-bond acceptors (Lipinski definition) is 5. The van der Waals surface area contributed by atoms with Crippen LogP contribution in [0.25, 0.3) is 16.7 Å². The molecule has 0 atom stereocenters. The lowest BCUT2D eigenvalue weighted by Crippen LogP contribution is -2.19. The zero-order chi connectivity index (χ0) is 26.8. The number of amides is 2. The monoisotopic (exact) mass is 527 g/mol. The lowest BCUT2D eigenvalue weighted by molar-refractivity contribution is 0.262. The molecule has 0 spiro atoms. The van der Waals surface area contributed by atoms with Crippen LogP contribution < -0.4 is 16.2 Å². The van der Waals surface area contributed by atoms with E-state index in [0.29, 0.717) is 51.2 Å². The zero-order valence-electron chi connectivity index (χ0n) is 21.1. The number of nitrogens with zero attached hydrogens (tertiary/aromatic N) is 4. The number of hydrogen-bond donors (Lipinski definition) is 3. The highest BCUT2D eigenvalue weighted by molar-refractivity contribution is 6.32. The maximum atomic E-state index is 13.2. The van der Waals surface area contributed by atoms with Crippen LogP contribution >= 0.6 is 11.6 Å². The molecule has 0 saturated carbocycles. The molecule has 5 aromatic rings. The number of halogens is 1. The number of fused-ring (bicyclic) bond motifs is 1. The fraction of sp³-hybridized carbons (Fsp3) is 0.179. The quantitative estimate of drug-likeness (QED) is 0.257. The first-order chi connectivity index (χ1) is 18.3. The molecule has 10 heteroatoms. The Bertz CT molecular complexity index is 1660. The summed E-state index contributed by atoms with van der Waals surface area (Å²) in [6, 6.07) is 17.8. The van der Waals surface area contributed by atoms with Crippen LogP contribution in [0, 0.1) is 6.92 Å². The van der Waals surface area contributed by atoms with Crippen LogP contribution in [0.2, 0.25) is 5.02 Å². The van der Waals surface area contributed by atoms with Crippen molar-refractivity contribution in [3.8, 4) is 5.69 Å². The molecule has 0 bridgehead atoms. The molecule has 0 radical (unpaired) electrons. The second-order valence-electron chi connectivity index (χ2n) is 9.24. The van der Waals surface area contributed by atoms with Crippen LogP contribution in [0.4, 0.5) is 16.3 Å². The molecule has 9 nitrogen and oxygen atoms in total. The van der Waals surface area contributed by atoms with Gasteiger partial charge in [-0.05, 0) is 54.3 Å². The van der Waals surface area contributed by atoms with Gasteiger partial charge in [0.05, 0.1) is 16.4 Å². The van der Waals surface area contributed by atoms with E-state index in [1.165, 1.54) is 0 Å². The van der Waals surface area contributed by atoms with E-state index in [9.17, 15) is 9.59 Å². The Morgan fingerprint density at radius 1 is 1.05 bits per heavy atom. The topological polar surface area (TPSA) is 118 Å². The van der Waals surface area contributed by atoms with Crippen molar-refractivity contribution in [3.05, 3.63) is 105 Å². The zero-order valence-corrected chi connectivity index (χ0v) is 21.9. The first kappa shape index (κ1) is 25.2. The van der Waals surface area contributed by atoms with Crippen molar-refractivity contribution in [1.82, 2.24) is 24.7 Å². The van der Waals surface area contributed by atoms with Gasteiger partial charge < -0.3 is 10.3 Å². The smallest absolute Gasteiger partial charge is 0.310 e. The van der Waals surface area contributed by atoms with E-state index in [4.69, 9.17) is 21.7 Å². The van der Waals surface area contributed by atoms with Gasteiger partial charge in [-0.15, -0.1) is 0 Å². The minimum atomic E-state index is -0.392. The number of rotatable bonds is 6. The third kappa shape index (κ3) is 5.14. The Balaban J connectivity index is 1.43. The van der Waals surface area contributed by atoms with Crippen LogP contribution in [-0.2, 0) is 6.42 Å². The van der Waals surface area contributed by atoms with Gasteiger partial charge in [-0.25, -0.2) is 19.4 Å². The van der Waals surface area contributed by atoms with Gasteiger partial charge in [0.1, 0.15) is 17.0 Å². The fourth-order valence-corrected chi connectivity index (χ4v) is 4.55. The van der Waals surface area contributed by atoms with Gasteiger partial charge in [0.15, 0.2) is 5.65 Å². The molecule has 192 valence electrons. The van der Waals surface area contributed by atoms with Gasteiger partial charge in [0, 0.05) is 18.3 Å². The minimum Gasteiger partial charge on any atom is -0.310 e. The van der Waals surface area contributed by atoms with Gasteiger partial charge in [-0.2, -0.15) is 5.10 Å². The minimum absolute atomic E-state index is 0.0187. The lowest BCUT2D eigenvalue weighted by Gasteiger charge is -2.10. The Kier molecular flexibility index (Phi) is 6.93. The first-order valence-electron chi connectivity index (χ1n) is 12.2. The van der Waals surface area contributed by atoms with E-state index < -0.39 is 6.03 Å². The van der Waals surface area contributed by atoms with Gasteiger partial charge in [-0.1, -0.05) is 55.8 Å². The summed E-state index contributed by atoms with van der Waals surface area (Å²) in [6.45, 7) is 5.93. The molecule has 0 saturated heterocycles. The van der Waals surface area contributed by atoms with Gasteiger partial charge in [0.2, 0.25) is 0 Å². The molecule has 0 aliphatic carbocycles. The maximum Gasteiger partial charge on any atom is 0.324 e. The predicted octanol–water partition coefficient (Wildman–Crippen LogP) is 5.82. The number of anilines is 2. The Labute approximate surface area is 223 Å². The normalized spacial score (nSPS) is 11.2. The molecule has 3 aromatic heterocycles. The Morgan fingerprint density at radius 3 is 2.53 bits per heavy atom. The molecule has 0 fully saturated rings. The number of H-pyrrole nitrogens is 1. The van der Waals surface area contributed by atoms with Crippen LogP contribution in [-0.4, -0.2) is 30.8 Å². The van der Waals surface area contributed by atoms with Gasteiger partial charge >= 0.3 is 6.03 Å². The Hall–Kier alpha value is -4.50. The molecule has 0 aliphatic heterocycles. The third-order valence-corrected chi connectivity index (χ3v) is 6.36. The number of benzene rings is 2. The number of nitrogens with one attached hydrogen (secondary N) is 3. The third-order valence-electron chi connectivity index (χ3n) is 6.05. The van der Waals surface area contributed by atoms with Crippen LogP contribution in [0.5, 0.6) is 0 Å². The summed E-state index contributed by atoms with van der Waals surface area (Å²) in [6.07, 6.45) is 1.99. The summed E-state index contributed by atoms with van der Waals surface area (Å²) in [4.78, 5) is 37.3. The van der Waals surface area contributed by atoms with Crippen molar-refractivity contribution in [2.45, 2.75) is 33.1 Å². The number of aromatic amines is 1. The fourth-order valence-electron chi connectivity index (χ4n) is 4.25. The summed E-state index contributed by atoms with van der Waals surface area (Å²) >= 11 is 6.55. The van der Waals surface area contributed by atoms with E-state index in [1.807, 2.05) is 45.0 Å². The van der Waals surface area contributed by atoms with Gasteiger partial charge in [0.25, 0.3) is 5.56 Å². The van der Waals surface area contributed by atoms with Crippen LogP contribution in [0.3, 0.4) is 0 Å². The van der Waals surface area contributed by atoms with E-state index in [-0.39, 0.29) is 11.5 Å². The number of para-hydroxylation sites is 1. The maximum absolute atomic E-state index is 13.2. The molecule has 38 heavy (non-hydrogen) atoms. The molecule has 3 N–H and O–H groups in total. The number of pyridine rings is 1. The van der Waals surface area contributed by atoms with Crippen molar-refractivity contribution >= 4 is 40.2 Å². The largest absolute Gasteiger partial charge is 0.324 e. The average molecular weight is 528 g/mol. The highest BCUT2D eigenvalue weighted by Gasteiger charge is 2.22. The predicted molar refractivity (Wildman–Crippen MR) is 149 cm³/mol. The highest BCUT2D eigenvalue weighted by atomic mass is 35.5. The van der Waals surface area contributed by atoms with Crippen molar-refractivity contribution in [1.29, 1.82) is 0 Å². The summed E-state index contributed by atoms with van der Waals surface area (Å²) in [5.41, 5.74) is 4.05. The van der Waals surface area contributed by atoms with Gasteiger partial charge in [-0.3, -0.25) is 10.1 Å². The van der Waals surface area contributed by atoms with Crippen molar-refractivity contribution in [3.63, 3.8) is 0 Å². The standard InChI is InChI=1S/C28H26ClN7O2/c1-16(2)24-23-26(36(35-24)25-17(3)7-6-8-20(25)29)32-22(33-27(23)37)15-18-10-12-19(13-11-18)31-28(38)34-21-9-4-5-14-30-21/h4-14,16H,15H2,1-3H3,(H,32,33,37)(H2,30,31,34,38). The molecule has 0 aliphatic rings. The van der Waals surface area contributed by atoms with Crippen LogP contribution in [0.1, 0.15) is 42.4 Å². The van der Waals surface area contributed by atoms with Crippen molar-refractivity contribution in [2.75, 3.05) is 10.6 Å². The number of urea groups is 1. The lowest BCUT2D eigenvalue weighted by atomic mass is 10.1. The average Bonchev–Trinajstić information content (AvgIpc) is 3.26. The second kappa shape index (κ2) is 10.5. The highest BCUT2D eigenvalue weighted by Crippen LogP contribution is 2.29. The van der Waals surface area contributed by atoms with E-state index in [1.54, 1.807) is 47.3 Å². The number of carbonyl (C=O) groups excluding carboxylic acids is 1. The molecular weight excluding hydrogens is 502 g/mol. The number of aromatic nitrogens is 5. The Morgan fingerprint density at radius 2 is 1.84 bits per heavy atom. The molecule has 2 amide bonds. The van der Waals surface area contributed by atoms with E-state index >= 15 is 0 Å². The SMILES string of the molecule is Cc1cccc(Cl)c1-n1nc(C(C)C)c2c(=O)[nH]c(Cc3ccc(NC(=O)Nc4ccccn4)cc3)nc21. The first-order valence-corrected chi connectivity index (χ1v) is 12.5. The van der Waals surface area contributed by atoms with Crippen molar-refractivity contribution in [2.24, 2.45) is 0 Å². The molecule has 2 aromatic carbocycles. The molecule has 0 unspecified atom stereocenters. The van der Waals surface area contributed by atoms with Crippen molar-refractivity contribution < 1.29 is 4.79 Å². The second-order valence-corrected chi connectivity index (χ2v) is 9.64. The summed E-state index contributed by atoms with van der Waals surface area (Å²) in [5, 5.41) is 11.2. The molecule has 5 rings (SSSR count). The van der Waals surface area contributed by atoms with Crippen LogP contribution in [0.15, 0.2) is 71.7 Å². The summed E-state index contributed by atoms with van der Waals surface area (Å²) in [7, 11) is 0. The number of aryl methyl sites for hydroxylation is 1.